The molecule has 0 bridgehead atoms. The molecule has 9 heteroatoms. The van der Waals surface area contributed by atoms with E-state index in [-0.39, 0.29) is 29.3 Å². The average Bonchev–Trinajstić information content (AvgIpc) is 2.71. The Balaban J connectivity index is 1.87. The maximum atomic E-state index is 12.6. The van der Waals surface area contributed by atoms with E-state index in [0.29, 0.717) is 17.9 Å². The molecule has 2 aromatic carbocycles. The Morgan fingerprint density at radius 3 is 2.38 bits per heavy atom. The van der Waals surface area contributed by atoms with Gasteiger partial charge in [0.15, 0.2) is 11.5 Å². The molecular weight excluding hydrogens is 376 g/mol. The van der Waals surface area contributed by atoms with Crippen molar-refractivity contribution in [3.05, 3.63) is 57.6 Å². The van der Waals surface area contributed by atoms with Gasteiger partial charge in [0, 0.05) is 25.8 Å². The van der Waals surface area contributed by atoms with Crippen molar-refractivity contribution in [3.63, 3.8) is 0 Å². The molecule has 0 aliphatic carbocycles. The van der Waals surface area contributed by atoms with E-state index in [4.69, 9.17) is 9.47 Å². The number of hydrogen-bond acceptors (Lipinski definition) is 7. The lowest BCUT2D eigenvalue weighted by molar-refractivity contribution is -0.384. The highest BCUT2D eigenvalue weighted by Gasteiger charge is 2.24. The van der Waals surface area contributed by atoms with E-state index >= 15 is 0 Å². The van der Waals surface area contributed by atoms with E-state index in [1.165, 1.54) is 18.2 Å². The van der Waals surface area contributed by atoms with Gasteiger partial charge in [-0.15, -0.1) is 0 Å². The van der Waals surface area contributed by atoms with Gasteiger partial charge >= 0.3 is 0 Å². The molecule has 0 radical (unpaired) electrons. The highest BCUT2D eigenvalue weighted by Crippen LogP contribution is 2.39. The third kappa shape index (κ3) is 4.44. The van der Waals surface area contributed by atoms with Crippen LogP contribution in [0.3, 0.4) is 0 Å². The van der Waals surface area contributed by atoms with E-state index in [0.717, 1.165) is 5.69 Å². The van der Waals surface area contributed by atoms with Gasteiger partial charge in [-0.1, -0.05) is 12.1 Å². The summed E-state index contributed by atoms with van der Waals surface area (Å²) in [4.78, 5) is 25.2. The first-order valence-corrected chi connectivity index (χ1v) is 8.67. The van der Waals surface area contributed by atoms with Crippen LogP contribution in [0.1, 0.15) is 5.56 Å². The topological polar surface area (TPSA) is 118 Å². The van der Waals surface area contributed by atoms with Crippen LogP contribution in [0.2, 0.25) is 0 Å². The molecular formula is C20H18N4O5. The molecule has 2 aromatic rings. The summed E-state index contributed by atoms with van der Waals surface area (Å²) in [6.45, 7) is 0.578. The highest BCUT2D eigenvalue weighted by atomic mass is 16.6. The van der Waals surface area contributed by atoms with Crippen molar-refractivity contribution in [2.24, 2.45) is 0 Å². The van der Waals surface area contributed by atoms with Gasteiger partial charge < -0.3 is 19.7 Å². The van der Waals surface area contributed by atoms with Crippen molar-refractivity contribution in [1.29, 1.82) is 5.26 Å². The van der Waals surface area contributed by atoms with E-state index in [1.54, 1.807) is 12.1 Å². The molecule has 9 nitrogen and oxygen atoms in total. The minimum absolute atomic E-state index is 0.0756. The number of ether oxygens (including phenoxy) is 2. The van der Waals surface area contributed by atoms with Crippen LogP contribution in [0.25, 0.3) is 6.08 Å². The summed E-state index contributed by atoms with van der Waals surface area (Å²) in [7, 11) is 3.80. The first-order valence-electron chi connectivity index (χ1n) is 8.67. The van der Waals surface area contributed by atoms with Crippen molar-refractivity contribution in [3.8, 4) is 17.6 Å². The minimum Gasteiger partial charge on any atom is -0.486 e. The lowest BCUT2D eigenvalue weighted by Crippen LogP contribution is -2.18. The molecule has 0 saturated carbocycles. The molecule has 0 atom stereocenters. The summed E-state index contributed by atoms with van der Waals surface area (Å²) in [5.41, 5.74) is 1.01. The Morgan fingerprint density at radius 2 is 1.83 bits per heavy atom. The number of nitrogens with one attached hydrogen (secondary N) is 1. The number of anilines is 2. The number of rotatable bonds is 5. The fraction of sp³-hybridized carbons (Fsp3) is 0.200. The third-order valence-corrected chi connectivity index (χ3v) is 4.19. The largest absolute Gasteiger partial charge is 0.486 e. The summed E-state index contributed by atoms with van der Waals surface area (Å²) in [5, 5.41) is 23.2. The monoisotopic (exact) mass is 394 g/mol. The highest BCUT2D eigenvalue weighted by molar-refractivity contribution is 6.10. The molecule has 0 saturated heterocycles. The molecule has 1 amide bonds. The van der Waals surface area contributed by atoms with Crippen LogP contribution >= 0.6 is 0 Å². The zero-order valence-corrected chi connectivity index (χ0v) is 15.8. The van der Waals surface area contributed by atoms with Crippen LogP contribution in [0.5, 0.6) is 11.5 Å². The lowest BCUT2D eigenvalue weighted by atomic mass is 10.1. The van der Waals surface area contributed by atoms with E-state index in [1.807, 2.05) is 37.2 Å². The number of benzene rings is 2. The number of hydrogen-bond donors (Lipinski definition) is 1. The Morgan fingerprint density at radius 1 is 1.21 bits per heavy atom. The minimum atomic E-state index is -0.760. The quantitative estimate of drug-likeness (QED) is 0.358. The predicted molar refractivity (Wildman–Crippen MR) is 107 cm³/mol. The molecule has 1 aliphatic rings. The van der Waals surface area contributed by atoms with Crippen LogP contribution in [0.4, 0.5) is 17.1 Å². The van der Waals surface area contributed by atoms with E-state index in [9.17, 15) is 20.2 Å². The first-order chi connectivity index (χ1) is 13.9. The summed E-state index contributed by atoms with van der Waals surface area (Å²) >= 11 is 0. The van der Waals surface area contributed by atoms with Crippen molar-refractivity contribution in [2.75, 3.05) is 37.5 Å². The Labute approximate surface area is 166 Å². The van der Waals surface area contributed by atoms with Crippen molar-refractivity contribution in [1.82, 2.24) is 0 Å². The fourth-order valence-electron chi connectivity index (χ4n) is 2.70. The van der Waals surface area contributed by atoms with E-state index in [2.05, 4.69) is 5.32 Å². The zero-order chi connectivity index (χ0) is 21.0. The number of nitrogens with zero attached hydrogens (tertiary/aromatic N) is 3. The molecule has 1 heterocycles. The molecule has 148 valence electrons. The zero-order valence-electron chi connectivity index (χ0n) is 15.8. The Bertz CT molecular complexity index is 1020. The normalized spacial score (nSPS) is 12.7. The molecule has 29 heavy (non-hydrogen) atoms. The van der Waals surface area contributed by atoms with Crippen molar-refractivity contribution in [2.45, 2.75) is 0 Å². The second kappa shape index (κ2) is 8.31. The second-order valence-electron chi connectivity index (χ2n) is 6.38. The van der Waals surface area contributed by atoms with Crippen LogP contribution in [-0.4, -0.2) is 38.1 Å². The predicted octanol–water partition coefficient (Wildman–Crippen LogP) is 2.98. The molecule has 0 fully saturated rings. The number of nitriles is 1. The lowest BCUT2D eigenvalue weighted by Gasteiger charge is -2.19. The van der Waals surface area contributed by atoms with Gasteiger partial charge in [-0.25, -0.2) is 0 Å². The van der Waals surface area contributed by atoms with Crippen molar-refractivity contribution >= 4 is 29.0 Å². The summed E-state index contributed by atoms with van der Waals surface area (Å²) in [6, 6.07) is 11.6. The average molecular weight is 394 g/mol. The van der Waals surface area contributed by atoms with E-state index < -0.39 is 10.8 Å². The summed E-state index contributed by atoms with van der Waals surface area (Å²) in [5.74, 6) is -0.235. The smallest absolute Gasteiger partial charge is 0.296 e. The SMILES string of the molecule is CN(C)c1ccc(/C=C(\C#N)C(=O)Nc2cc3c(cc2[N+](=O)[O-])OCCO3)cc1. The van der Waals surface area contributed by atoms with Crippen molar-refractivity contribution < 1.29 is 19.2 Å². The van der Waals surface area contributed by atoms with Crippen LogP contribution < -0.4 is 19.7 Å². The maximum absolute atomic E-state index is 12.6. The molecule has 0 unspecified atom stereocenters. The number of carbonyl (C=O) groups excluding carboxylic acids is 1. The number of carbonyl (C=O) groups is 1. The fourth-order valence-corrected chi connectivity index (χ4v) is 2.70. The van der Waals surface area contributed by atoms with Crippen LogP contribution in [0.15, 0.2) is 42.0 Å². The van der Waals surface area contributed by atoms with Crippen LogP contribution in [0, 0.1) is 21.4 Å². The standard InChI is InChI=1S/C20H18N4O5/c1-23(2)15-5-3-13(4-6-15)9-14(12-21)20(25)22-16-10-18-19(29-8-7-28-18)11-17(16)24(26)27/h3-6,9-11H,7-8H2,1-2H3,(H,22,25)/b14-9+. The first kappa shape index (κ1) is 19.7. The van der Waals surface area contributed by atoms with Gasteiger partial charge in [-0.3, -0.25) is 14.9 Å². The van der Waals surface area contributed by atoms with Gasteiger partial charge in [-0.05, 0) is 23.8 Å². The summed E-state index contributed by atoms with van der Waals surface area (Å²) in [6.07, 6.45) is 1.42. The third-order valence-electron chi connectivity index (χ3n) is 4.19. The number of amides is 1. The number of nitro groups is 1. The molecule has 0 aromatic heterocycles. The second-order valence-corrected chi connectivity index (χ2v) is 6.38. The summed E-state index contributed by atoms with van der Waals surface area (Å²) < 4.78 is 10.7. The van der Waals surface area contributed by atoms with Gasteiger partial charge in [-0.2, -0.15) is 5.26 Å². The number of nitro benzene ring substituents is 1. The molecule has 1 aliphatic heterocycles. The van der Waals surface area contributed by atoms with Gasteiger partial charge in [0.05, 0.1) is 11.0 Å². The Kier molecular flexibility index (Phi) is 5.64. The van der Waals surface area contributed by atoms with Gasteiger partial charge in [0.2, 0.25) is 0 Å². The maximum Gasteiger partial charge on any atom is 0.296 e. The molecule has 1 N–H and O–H groups in total. The molecule has 3 rings (SSSR count). The van der Waals surface area contributed by atoms with Gasteiger partial charge in [0.25, 0.3) is 11.6 Å². The number of fused-ring (bicyclic) bond motifs is 1. The van der Waals surface area contributed by atoms with Crippen LogP contribution in [-0.2, 0) is 4.79 Å². The Hall–Kier alpha value is -4.06. The molecule has 0 spiro atoms. The van der Waals surface area contributed by atoms with Gasteiger partial charge in [0.1, 0.15) is 30.5 Å².